The van der Waals surface area contributed by atoms with Gasteiger partial charge in [-0.3, -0.25) is 9.10 Å². The molecular formula is C24H33N3O4S. The molecule has 2 aromatic rings. The molecule has 174 valence electrons. The number of nitrogens with one attached hydrogen (secondary N) is 1. The van der Waals surface area contributed by atoms with E-state index in [9.17, 15) is 13.2 Å². The number of hydrogen-bond acceptors (Lipinski definition) is 5. The van der Waals surface area contributed by atoms with Gasteiger partial charge in [0.1, 0.15) is 12.3 Å². The molecule has 0 spiro atoms. The molecule has 0 bridgehead atoms. The van der Waals surface area contributed by atoms with Gasteiger partial charge in [0, 0.05) is 6.54 Å². The number of para-hydroxylation sites is 1. The normalized spacial score (nSPS) is 15.0. The van der Waals surface area contributed by atoms with Gasteiger partial charge in [-0.2, -0.15) is 0 Å². The monoisotopic (exact) mass is 459 g/mol. The fourth-order valence-corrected chi connectivity index (χ4v) is 5.28. The number of rotatable bonds is 10. The Labute approximate surface area is 191 Å². The standard InChI is InChI=1S/C24H33N3O4S/c1-31-22-12-14-23(15-13-22)32(29,30)27(21-10-5-4-6-11-21)20-24(28)25-16-9-19-26-17-7-2-3-8-18-26/h4-6,10-15H,2-3,7-9,16-20H2,1H3,(H,25,28). The molecule has 1 aliphatic rings. The first-order chi connectivity index (χ1) is 15.5. The highest BCUT2D eigenvalue weighted by molar-refractivity contribution is 7.92. The summed E-state index contributed by atoms with van der Waals surface area (Å²) in [6.45, 7) is 3.45. The number of benzene rings is 2. The zero-order valence-electron chi connectivity index (χ0n) is 18.7. The average molecular weight is 460 g/mol. The van der Waals surface area contributed by atoms with Gasteiger partial charge in [-0.25, -0.2) is 8.42 Å². The summed E-state index contributed by atoms with van der Waals surface area (Å²) < 4.78 is 32.9. The number of sulfonamides is 1. The second-order valence-electron chi connectivity index (χ2n) is 7.98. The highest BCUT2D eigenvalue weighted by Crippen LogP contribution is 2.24. The molecule has 7 nitrogen and oxygen atoms in total. The highest BCUT2D eigenvalue weighted by Gasteiger charge is 2.27. The van der Waals surface area contributed by atoms with Gasteiger partial charge in [0.15, 0.2) is 0 Å². The van der Waals surface area contributed by atoms with Crippen LogP contribution in [0.3, 0.4) is 0 Å². The molecule has 8 heteroatoms. The van der Waals surface area contributed by atoms with Crippen LogP contribution in [0.2, 0.25) is 0 Å². The van der Waals surface area contributed by atoms with Crippen molar-refractivity contribution in [2.45, 2.75) is 37.0 Å². The first-order valence-electron chi connectivity index (χ1n) is 11.2. The molecule has 0 radical (unpaired) electrons. The van der Waals surface area contributed by atoms with Crippen LogP contribution in [0, 0.1) is 0 Å². The van der Waals surface area contributed by atoms with Crippen molar-refractivity contribution < 1.29 is 17.9 Å². The van der Waals surface area contributed by atoms with Crippen LogP contribution in [0.5, 0.6) is 5.75 Å². The molecule has 0 saturated carbocycles. The minimum absolute atomic E-state index is 0.108. The summed E-state index contributed by atoms with van der Waals surface area (Å²) in [6, 6.07) is 14.9. The lowest BCUT2D eigenvalue weighted by Crippen LogP contribution is -2.41. The van der Waals surface area contributed by atoms with Gasteiger partial charge in [0.2, 0.25) is 5.91 Å². The van der Waals surface area contributed by atoms with Gasteiger partial charge in [-0.1, -0.05) is 31.0 Å². The summed E-state index contributed by atoms with van der Waals surface area (Å²) in [4.78, 5) is 15.2. The van der Waals surface area contributed by atoms with Gasteiger partial charge in [0.25, 0.3) is 10.0 Å². The maximum Gasteiger partial charge on any atom is 0.264 e. The maximum atomic E-state index is 13.3. The number of likely N-dealkylation sites (tertiary alicyclic amines) is 1. The van der Waals surface area contributed by atoms with Crippen LogP contribution in [0.15, 0.2) is 59.5 Å². The summed E-state index contributed by atoms with van der Waals surface area (Å²) >= 11 is 0. The van der Waals surface area contributed by atoms with E-state index in [2.05, 4.69) is 10.2 Å². The number of nitrogens with zero attached hydrogens (tertiary/aromatic N) is 2. The molecule has 1 fully saturated rings. The molecule has 1 N–H and O–H groups in total. The Morgan fingerprint density at radius 1 is 1.00 bits per heavy atom. The topological polar surface area (TPSA) is 79.0 Å². The average Bonchev–Trinajstić information content (AvgIpc) is 3.09. The summed E-state index contributed by atoms with van der Waals surface area (Å²) in [5, 5.41) is 2.89. The lowest BCUT2D eigenvalue weighted by atomic mass is 10.2. The van der Waals surface area contributed by atoms with Crippen molar-refractivity contribution >= 4 is 21.6 Å². The van der Waals surface area contributed by atoms with Gasteiger partial charge < -0.3 is 15.0 Å². The molecule has 0 atom stereocenters. The molecule has 2 aromatic carbocycles. The van der Waals surface area contributed by atoms with Crippen molar-refractivity contribution in [1.82, 2.24) is 10.2 Å². The van der Waals surface area contributed by atoms with Crippen molar-refractivity contribution in [1.29, 1.82) is 0 Å². The van der Waals surface area contributed by atoms with Crippen LogP contribution in [0.1, 0.15) is 32.1 Å². The summed E-state index contributed by atoms with van der Waals surface area (Å²) in [5.74, 6) is 0.249. The quantitative estimate of drug-likeness (QED) is 0.552. The van der Waals surface area contributed by atoms with Gasteiger partial charge in [-0.15, -0.1) is 0 Å². The van der Waals surface area contributed by atoms with Crippen LogP contribution in [0.4, 0.5) is 5.69 Å². The zero-order valence-corrected chi connectivity index (χ0v) is 19.5. The summed E-state index contributed by atoms with van der Waals surface area (Å²) in [6.07, 6.45) is 5.92. The van der Waals surface area contributed by atoms with Crippen LogP contribution in [0.25, 0.3) is 0 Å². The third kappa shape index (κ3) is 6.71. The minimum Gasteiger partial charge on any atom is -0.497 e. The minimum atomic E-state index is -3.92. The van der Waals surface area contributed by atoms with E-state index < -0.39 is 10.0 Å². The van der Waals surface area contributed by atoms with Crippen molar-refractivity contribution in [3.8, 4) is 5.75 Å². The molecule has 1 saturated heterocycles. The predicted molar refractivity (Wildman–Crippen MR) is 127 cm³/mol. The van der Waals surface area contributed by atoms with E-state index in [4.69, 9.17) is 4.74 Å². The van der Waals surface area contributed by atoms with Gasteiger partial charge in [0.05, 0.1) is 17.7 Å². The second-order valence-corrected chi connectivity index (χ2v) is 9.84. The Balaban J connectivity index is 1.63. The maximum absolute atomic E-state index is 13.3. The SMILES string of the molecule is COc1ccc(S(=O)(=O)N(CC(=O)NCCCN2CCCCCC2)c2ccccc2)cc1. The van der Waals surface area contributed by atoms with Crippen molar-refractivity contribution in [2.24, 2.45) is 0 Å². The Kier molecular flexibility index (Phi) is 8.93. The largest absolute Gasteiger partial charge is 0.497 e. The lowest BCUT2D eigenvalue weighted by molar-refractivity contribution is -0.119. The Morgan fingerprint density at radius 2 is 1.66 bits per heavy atom. The molecule has 0 aromatic heterocycles. The van der Waals surface area contributed by atoms with Crippen molar-refractivity contribution in [3.63, 3.8) is 0 Å². The Hall–Kier alpha value is -2.58. The van der Waals surface area contributed by atoms with E-state index in [0.717, 1.165) is 30.4 Å². The molecule has 3 rings (SSSR count). The summed E-state index contributed by atoms with van der Waals surface area (Å²) in [7, 11) is -2.39. The molecule has 1 heterocycles. The van der Waals surface area contributed by atoms with Crippen molar-refractivity contribution in [3.05, 3.63) is 54.6 Å². The number of ether oxygens (including phenoxy) is 1. The number of carbonyl (C=O) groups is 1. The van der Waals surface area contributed by atoms with E-state index in [0.29, 0.717) is 18.0 Å². The number of methoxy groups -OCH3 is 1. The molecule has 0 unspecified atom stereocenters. The van der Waals surface area contributed by atoms with Crippen LogP contribution >= 0.6 is 0 Å². The fraction of sp³-hybridized carbons (Fsp3) is 0.458. The van der Waals surface area contributed by atoms with E-state index in [1.54, 1.807) is 36.4 Å². The Bertz CT molecular complexity index is 941. The smallest absolute Gasteiger partial charge is 0.264 e. The third-order valence-electron chi connectivity index (χ3n) is 5.65. The fourth-order valence-electron chi connectivity index (χ4n) is 3.86. The molecule has 1 amide bonds. The van der Waals surface area contributed by atoms with E-state index in [1.165, 1.54) is 44.9 Å². The number of carbonyl (C=O) groups excluding carboxylic acids is 1. The highest BCUT2D eigenvalue weighted by atomic mass is 32.2. The lowest BCUT2D eigenvalue weighted by Gasteiger charge is -2.24. The van der Waals surface area contributed by atoms with Crippen LogP contribution in [-0.4, -0.2) is 59.1 Å². The third-order valence-corrected chi connectivity index (χ3v) is 7.44. The first kappa shape index (κ1) is 24.1. The number of anilines is 1. The first-order valence-corrected chi connectivity index (χ1v) is 12.7. The zero-order chi connectivity index (χ0) is 22.8. The van der Waals surface area contributed by atoms with Crippen molar-refractivity contribution in [2.75, 3.05) is 44.1 Å². The van der Waals surface area contributed by atoms with E-state index >= 15 is 0 Å². The van der Waals surface area contributed by atoms with Gasteiger partial charge in [-0.05, 0) is 75.3 Å². The number of amides is 1. The molecule has 32 heavy (non-hydrogen) atoms. The van der Waals surface area contributed by atoms with Crippen LogP contribution in [-0.2, 0) is 14.8 Å². The molecule has 1 aliphatic heterocycles. The molecule has 0 aliphatic carbocycles. The van der Waals surface area contributed by atoms with Gasteiger partial charge >= 0.3 is 0 Å². The second kappa shape index (κ2) is 11.9. The molecular weight excluding hydrogens is 426 g/mol. The van der Waals surface area contributed by atoms with E-state index in [1.807, 2.05) is 6.07 Å². The van der Waals surface area contributed by atoms with E-state index in [-0.39, 0.29) is 17.3 Å². The van der Waals surface area contributed by atoms with Crippen LogP contribution < -0.4 is 14.4 Å². The predicted octanol–water partition coefficient (Wildman–Crippen LogP) is 3.27. The Morgan fingerprint density at radius 3 is 2.28 bits per heavy atom. The summed E-state index contributed by atoms with van der Waals surface area (Å²) in [5.41, 5.74) is 0.447. The number of hydrogen-bond donors (Lipinski definition) is 1.